The average Bonchev–Trinajstić information content (AvgIpc) is 2.47. The van der Waals surface area contributed by atoms with E-state index in [0.717, 1.165) is 45.0 Å². The number of para-hydroxylation sites is 1. The van der Waals surface area contributed by atoms with Crippen molar-refractivity contribution in [2.75, 3.05) is 32.8 Å². The Morgan fingerprint density at radius 1 is 1.33 bits per heavy atom. The van der Waals surface area contributed by atoms with Crippen LogP contribution in [0.15, 0.2) is 24.3 Å². The van der Waals surface area contributed by atoms with Gasteiger partial charge in [-0.1, -0.05) is 39.0 Å². The predicted octanol–water partition coefficient (Wildman–Crippen LogP) is 3.25. The molecule has 1 aliphatic rings. The molecule has 118 valence electrons. The van der Waals surface area contributed by atoms with Crippen molar-refractivity contribution in [2.24, 2.45) is 11.1 Å². The smallest absolute Gasteiger partial charge is 0.122 e. The topological polar surface area (TPSA) is 38.5 Å². The summed E-state index contributed by atoms with van der Waals surface area (Å²) in [5.74, 6) is 1.65. The van der Waals surface area contributed by atoms with Gasteiger partial charge in [0.2, 0.25) is 0 Å². The predicted molar refractivity (Wildman–Crippen MR) is 88.9 cm³/mol. The Bertz CT molecular complexity index is 445. The van der Waals surface area contributed by atoms with E-state index >= 15 is 0 Å². The Morgan fingerprint density at radius 3 is 2.81 bits per heavy atom. The second-order valence-corrected chi connectivity index (χ2v) is 6.98. The summed E-state index contributed by atoms with van der Waals surface area (Å²) in [5, 5.41) is 0. The van der Waals surface area contributed by atoms with Crippen LogP contribution in [0.4, 0.5) is 0 Å². The number of benzene rings is 1. The minimum absolute atomic E-state index is 0.180. The number of fused-ring (bicyclic) bond motifs is 1. The summed E-state index contributed by atoms with van der Waals surface area (Å²) in [6.45, 7) is 11.7. The Morgan fingerprint density at radius 2 is 2.10 bits per heavy atom. The normalized spacial score (nSPS) is 18.4. The molecule has 1 atom stereocenters. The van der Waals surface area contributed by atoms with E-state index < -0.39 is 0 Å². The fourth-order valence-corrected chi connectivity index (χ4v) is 3.14. The van der Waals surface area contributed by atoms with Gasteiger partial charge in [0.1, 0.15) is 5.75 Å². The minimum atomic E-state index is 0.180. The molecule has 0 spiro atoms. The van der Waals surface area contributed by atoms with Crippen LogP contribution in [0.1, 0.15) is 45.1 Å². The Labute approximate surface area is 129 Å². The fraction of sp³-hybridized carbons (Fsp3) is 0.667. The van der Waals surface area contributed by atoms with Gasteiger partial charge in [-0.05, 0) is 43.0 Å². The molecule has 0 bridgehead atoms. The molecule has 0 radical (unpaired) electrons. The maximum atomic E-state index is 5.91. The summed E-state index contributed by atoms with van der Waals surface area (Å²) >= 11 is 0. The zero-order chi connectivity index (χ0) is 15.3. The average molecular weight is 290 g/mol. The summed E-state index contributed by atoms with van der Waals surface area (Å²) < 4.78 is 5.78. The number of nitrogens with two attached hydrogens (primary N) is 1. The SMILES string of the molecule is CCCN(CC1CCOc2ccccc21)CC(C)(C)CN. The van der Waals surface area contributed by atoms with Crippen LogP contribution >= 0.6 is 0 Å². The molecule has 0 aliphatic carbocycles. The van der Waals surface area contributed by atoms with E-state index in [9.17, 15) is 0 Å². The highest BCUT2D eigenvalue weighted by molar-refractivity contribution is 5.37. The first kappa shape index (κ1) is 16.3. The second kappa shape index (κ2) is 7.28. The lowest BCUT2D eigenvalue weighted by atomic mass is 9.89. The minimum Gasteiger partial charge on any atom is -0.493 e. The lowest BCUT2D eigenvalue weighted by Crippen LogP contribution is -2.41. The highest BCUT2D eigenvalue weighted by Gasteiger charge is 2.26. The van der Waals surface area contributed by atoms with E-state index in [1.165, 1.54) is 12.0 Å². The largest absolute Gasteiger partial charge is 0.493 e. The van der Waals surface area contributed by atoms with Crippen LogP contribution in [0.25, 0.3) is 0 Å². The van der Waals surface area contributed by atoms with Crippen molar-refractivity contribution in [2.45, 2.75) is 39.5 Å². The summed E-state index contributed by atoms with van der Waals surface area (Å²) in [7, 11) is 0. The summed E-state index contributed by atoms with van der Waals surface area (Å²) in [6.07, 6.45) is 2.30. The van der Waals surface area contributed by atoms with Crippen molar-refractivity contribution in [3.63, 3.8) is 0 Å². The lowest BCUT2D eigenvalue weighted by molar-refractivity contribution is 0.159. The number of ether oxygens (including phenoxy) is 1. The van der Waals surface area contributed by atoms with Gasteiger partial charge in [0.05, 0.1) is 6.61 Å². The molecule has 0 saturated heterocycles. The van der Waals surface area contributed by atoms with E-state index in [1.54, 1.807) is 0 Å². The van der Waals surface area contributed by atoms with Gasteiger partial charge < -0.3 is 15.4 Å². The number of hydrogen-bond donors (Lipinski definition) is 1. The molecule has 0 saturated carbocycles. The summed E-state index contributed by atoms with van der Waals surface area (Å²) in [4.78, 5) is 2.58. The first-order chi connectivity index (χ1) is 10.1. The summed E-state index contributed by atoms with van der Waals surface area (Å²) in [5.41, 5.74) is 7.46. The molecule has 1 heterocycles. The molecule has 2 N–H and O–H groups in total. The lowest BCUT2D eigenvalue weighted by Gasteiger charge is -2.35. The van der Waals surface area contributed by atoms with Crippen LogP contribution in [-0.2, 0) is 0 Å². The van der Waals surface area contributed by atoms with Gasteiger partial charge in [0, 0.05) is 19.0 Å². The molecule has 0 fully saturated rings. The molecule has 3 nitrogen and oxygen atoms in total. The Hall–Kier alpha value is -1.06. The maximum Gasteiger partial charge on any atom is 0.122 e. The summed E-state index contributed by atoms with van der Waals surface area (Å²) in [6, 6.07) is 8.49. The molecule has 0 aromatic heterocycles. The Kier molecular flexibility index (Phi) is 5.65. The molecule has 3 heteroatoms. The van der Waals surface area contributed by atoms with Crippen molar-refractivity contribution in [3.8, 4) is 5.75 Å². The highest BCUT2D eigenvalue weighted by Crippen LogP contribution is 2.34. The van der Waals surface area contributed by atoms with Gasteiger partial charge in [0.15, 0.2) is 0 Å². The van der Waals surface area contributed by atoms with E-state index in [0.29, 0.717) is 5.92 Å². The number of nitrogens with zero attached hydrogens (tertiary/aromatic N) is 1. The maximum absolute atomic E-state index is 5.91. The van der Waals surface area contributed by atoms with Gasteiger partial charge in [-0.3, -0.25) is 0 Å². The van der Waals surface area contributed by atoms with E-state index in [1.807, 2.05) is 0 Å². The van der Waals surface area contributed by atoms with Crippen molar-refractivity contribution in [1.29, 1.82) is 0 Å². The number of hydrogen-bond acceptors (Lipinski definition) is 3. The monoisotopic (exact) mass is 290 g/mol. The van der Waals surface area contributed by atoms with E-state index in [-0.39, 0.29) is 5.41 Å². The Balaban J connectivity index is 2.07. The first-order valence-electron chi connectivity index (χ1n) is 8.20. The molecule has 1 unspecified atom stereocenters. The van der Waals surface area contributed by atoms with Crippen LogP contribution in [0.5, 0.6) is 5.75 Å². The van der Waals surface area contributed by atoms with Gasteiger partial charge in [-0.15, -0.1) is 0 Å². The zero-order valence-corrected chi connectivity index (χ0v) is 13.8. The number of rotatable bonds is 7. The van der Waals surface area contributed by atoms with Gasteiger partial charge in [-0.25, -0.2) is 0 Å². The van der Waals surface area contributed by atoms with Crippen molar-refractivity contribution in [3.05, 3.63) is 29.8 Å². The standard InChI is InChI=1S/C18H30N2O/c1-4-10-20(14-18(2,3)13-19)12-15-9-11-21-17-8-6-5-7-16(15)17/h5-8,15H,4,9-14,19H2,1-3H3. The van der Waals surface area contributed by atoms with Gasteiger partial charge >= 0.3 is 0 Å². The van der Waals surface area contributed by atoms with Crippen molar-refractivity contribution >= 4 is 0 Å². The fourth-order valence-electron chi connectivity index (χ4n) is 3.14. The van der Waals surface area contributed by atoms with E-state index in [2.05, 4.69) is 49.9 Å². The first-order valence-corrected chi connectivity index (χ1v) is 8.20. The molecular weight excluding hydrogens is 260 g/mol. The molecule has 1 aromatic rings. The second-order valence-electron chi connectivity index (χ2n) is 6.98. The molecule has 21 heavy (non-hydrogen) atoms. The molecule has 0 amide bonds. The van der Waals surface area contributed by atoms with Gasteiger partial charge in [-0.2, -0.15) is 0 Å². The zero-order valence-electron chi connectivity index (χ0n) is 13.8. The van der Waals surface area contributed by atoms with Gasteiger partial charge in [0.25, 0.3) is 0 Å². The van der Waals surface area contributed by atoms with Crippen molar-refractivity contribution in [1.82, 2.24) is 4.90 Å². The molecule has 1 aromatic carbocycles. The molecule has 2 rings (SSSR count). The van der Waals surface area contributed by atoms with Crippen LogP contribution in [-0.4, -0.2) is 37.7 Å². The third-order valence-corrected chi connectivity index (χ3v) is 4.31. The van der Waals surface area contributed by atoms with Crippen LogP contribution in [0.2, 0.25) is 0 Å². The molecular formula is C18H30N2O. The third-order valence-electron chi connectivity index (χ3n) is 4.31. The molecule has 1 aliphatic heterocycles. The van der Waals surface area contributed by atoms with Crippen LogP contribution < -0.4 is 10.5 Å². The van der Waals surface area contributed by atoms with Crippen molar-refractivity contribution < 1.29 is 4.74 Å². The van der Waals surface area contributed by atoms with Crippen LogP contribution in [0.3, 0.4) is 0 Å². The highest BCUT2D eigenvalue weighted by atomic mass is 16.5. The van der Waals surface area contributed by atoms with E-state index in [4.69, 9.17) is 10.5 Å². The quantitative estimate of drug-likeness (QED) is 0.838. The van der Waals surface area contributed by atoms with Crippen LogP contribution in [0, 0.1) is 5.41 Å². The third kappa shape index (κ3) is 4.45.